The van der Waals surface area contributed by atoms with Gasteiger partial charge in [0.15, 0.2) is 18.1 Å². The predicted octanol–water partition coefficient (Wildman–Crippen LogP) is 5.24. The van der Waals surface area contributed by atoms with E-state index in [1.165, 1.54) is 19.3 Å². The third kappa shape index (κ3) is 7.51. The van der Waals surface area contributed by atoms with Crippen molar-refractivity contribution in [3.05, 3.63) is 93.5 Å². The van der Waals surface area contributed by atoms with Crippen molar-refractivity contribution in [2.75, 3.05) is 19.0 Å². The van der Waals surface area contributed by atoms with E-state index < -0.39 is 11.8 Å². The molecule has 0 spiro atoms. The molecule has 0 aliphatic carbocycles. The van der Waals surface area contributed by atoms with Crippen molar-refractivity contribution in [1.82, 2.24) is 5.32 Å². The molecule has 0 heterocycles. The van der Waals surface area contributed by atoms with Crippen molar-refractivity contribution in [2.24, 2.45) is 0 Å². The third-order valence-corrected chi connectivity index (χ3v) is 5.23. The lowest BCUT2D eigenvalue weighted by Crippen LogP contribution is -2.23. The van der Waals surface area contributed by atoms with E-state index in [2.05, 4.69) is 10.6 Å². The maximum Gasteiger partial charge on any atom is 0.262 e. The van der Waals surface area contributed by atoms with Gasteiger partial charge < -0.3 is 20.1 Å². The number of carbonyl (C=O) groups is 2. The number of methoxy groups -OCH3 is 1. The van der Waals surface area contributed by atoms with Crippen molar-refractivity contribution in [2.45, 2.75) is 6.54 Å². The maximum atomic E-state index is 12.5. The van der Waals surface area contributed by atoms with Crippen molar-refractivity contribution in [3.8, 4) is 17.6 Å². The number of hydrogen-bond donors (Lipinski definition) is 2. The number of anilines is 1. The van der Waals surface area contributed by atoms with Gasteiger partial charge >= 0.3 is 0 Å². The molecule has 3 aromatic rings. The van der Waals surface area contributed by atoms with Crippen LogP contribution in [-0.4, -0.2) is 25.5 Å². The second kappa shape index (κ2) is 12.5. The van der Waals surface area contributed by atoms with E-state index in [9.17, 15) is 14.9 Å². The molecular formula is C26H21Cl2N3O4. The van der Waals surface area contributed by atoms with E-state index >= 15 is 0 Å². The highest BCUT2D eigenvalue weighted by atomic mass is 35.5. The Balaban J connectivity index is 1.68. The van der Waals surface area contributed by atoms with E-state index in [1.807, 2.05) is 36.4 Å². The van der Waals surface area contributed by atoms with Crippen LogP contribution < -0.4 is 20.1 Å². The number of benzene rings is 3. The van der Waals surface area contributed by atoms with Gasteiger partial charge in [0.1, 0.15) is 11.6 Å². The van der Waals surface area contributed by atoms with Crippen LogP contribution in [0.1, 0.15) is 11.1 Å². The Morgan fingerprint density at radius 2 is 1.77 bits per heavy atom. The highest BCUT2D eigenvalue weighted by molar-refractivity contribution is 6.32. The van der Waals surface area contributed by atoms with E-state index in [-0.39, 0.29) is 35.2 Å². The molecule has 0 saturated heterocycles. The van der Waals surface area contributed by atoms with Gasteiger partial charge in [-0.1, -0.05) is 53.5 Å². The SMILES string of the molecule is COc1cc(/C=C(\C#N)C(=O)NCc2ccccc2)cc(Cl)c1OCC(=O)Nc1ccc(Cl)cc1. The molecule has 9 heteroatoms. The number of rotatable bonds is 9. The monoisotopic (exact) mass is 509 g/mol. The van der Waals surface area contributed by atoms with Crippen LogP contribution in [0.5, 0.6) is 11.5 Å². The van der Waals surface area contributed by atoms with Crippen LogP contribution in [-0.2, 0) is 16.1 Å². The molecule has 2 amide bonds. The van der Waals surface area contributed by atoms with Gasteiger partial charge in [-0.3, -0.25) is 9.59 Å². The van der Waals surface area contributed by atoms with Crippen LogP contribution in [0.2, 0.25) is 10.0 Å². The number of halogens is 2. The number of carbonyl (C=O) groups excluding carboxylic acids is 2. The van der Waals surface area contributed by atoms with Crippen molar-refractivity contribution < 1.29 is 19.1 Å². The first-order valence-corrected chi connectivity index (χ1v) is 11.1. The van der Waals surface area contributed by atoms with Gasteiger partial charge in [-0.05, 0) is 53.6 Å². The fourth-order valence-electron chi connectivity index (χ4n) is 3.02. The number of nitrogens with zero attached hydrogens (tertiary/aromatic N) is 1. The second-order valence-electron chi connectivity index (χ2n) is 7.22. The molecule has 0 aliphatic rings. The molecule has 0 atom stereocenters. The smallest absolute Gasteiger partial charge is 0.262 e. The molecule has 3 aromatic carbocycles. The Morgan fingerprint density at radius 3 is 2.43 bits per heavy atom. The highest BCUT2D eigenvalue weighted by Crippen LogP contribution is 2.37. The van der Waals surface area contributed by atoms with Crippen LogP contribution >= 0.6 is 23.2 Å². The summed E-state index contributed by atoms with van der Waals surface area (Å²) in [6.07, 6.45) is 1.39. The molecule has 0 radical (unpaired) electrons. The van der Waals surface area contributed by atoms with E-state index in [1.54, 1.807) is 30.3 Å². The first kappa shape index (κ1) is 25.6. The fraction of sp³-hybridized carbons (Fsp3) is 0.115. The largest absolute Gasteiger partial charge is 0.493 e. The minimum Gasteiger partial charge on any atom is -0.493 e. The molecule has 0 aliphatic heterocycles. The van der Waals surface area contributed by atoms with E-state index in [0.717, 1.165) is 5.56 Å². The summed E-state index contributed by atoms with van der Waals surface area (Å²) in [7, 11) is 1.41. The number of ether oxygens (including phenoxy) is 2. The lowest BCUT2D eigenvalue weighted by molar-refractivity contribution is -0.118. The Bertz CT molecular complexity index is 1270. The number of amides is 2. The fourth-order valence-corrected chi connectivity index (χ4v) is 3.42. The second-order valence-corrected chi connectivity index (χ2v) is 8.06. The Hall–Kier alpha value is -3.99. The summed E-state index contributed by atoms with van der Waals surface area (Å²) in [4.78, 5) is 24.7. The van der Waals surface area contributed by atoms with Gasteiger partial charge in [-0.2, -0.15) is 5.26 Å². The zero-order valence-electron chi connectivity index (χ0n) is 18.7. The van der Waals surface area contributed by atoms with Gasteiger partial charge in [-0.15, -0.1) is 0 Å². The summed E-state index contributed by atoms with van der Waals surface area (Å²) in [5.41, 5.74) is 1.83. The van der Waals surface area contributed by atoms with Crippen LogP contribution in [0.3, 0.4) is 0 Å². The normalized spacial score (nSPS) is 10.7. The highest BCUT2D eigenvalue weighted by Gasteiger charge is 2.15. The van der Waals surface area contributed by atoms with Gasteiger partial charge in [-0.25, -0.2) is 0 Å². The molecule has 35 heavy (non-hydrogen) atoms. The molecule has 0 fully saturated rings. The van der Waals surface area contributed by atoms with Crippen LogP contribution in [0.4, 0.5) is 5.69 Å². The Morgan fingerprint density at radius 1 is 1.06 bits per heavy atom. The maximum absolute atomic E-state index is 12.5. The van der Waals surface area contributed by atoms with E-state index in [4.69, 9.17) is 32.7 Å². The van der Waals surface area contributed by atoms with Gasteiger partial charge in [0.25, 0.3) is 11.8 Å². The molecule has 0 aromatic heterocycles. The van der Waals surface area contributed by atoms with Gasteiger partial charge in [0, 0.05) is 17.3 Å². The number of hydrogen-bond acceptors (Lipinski definition) is 5. The number of nitrogens with one attached hydrogen (secondary N) is 2. The van der Waals surface area contributed by atoms with E-state index in [0.29, 0.717) is 16.3 Å². The van der Waals surface area contributed by atoms with Gasteiger partial charge in [0.2, 0.25) is 0 Å². The summed E-state index contributed by atoms with van der Waals surface area (Å²) in [5.74, 6) is -0.531. The molecule has 2 N–H and O–H groups in total. The molecule has 0 bridgehead atoms. The lowest BCUT2D eigenvalue weighted by Gasteiger charge is -2.13. The van der Waals surface area contributed by atoms with Gasteiger partial charge in [0.05, 0.1) is 12.1 Å². The Labute approximate surface area is 212 Å². The molecular weight excluding hydrogens is 489 g/mol. The summed E-state index contributed by atoms with van der Waals surface area (Å²) in [5, 5.41) is 15.6. The minimum atomic E-state index is -0.523. The topological polar surface area (TPSA) is 100 Å². The summed E-state index contributed by atoms with van der Waals surface area (Å²) >= 11 is 12.2. The third-order valence-electron chi connectivity index (χ3n) is 4.70. The quantitative estimate of drug-likeness (QED) is 0.303. The Kier molecular flexibility index (Phi) is 9.13. The first-order valence-electron chi connectivity index (χ1n) is 10.4. The number of nitriles is 1. The first-order chi connectivity index (χ1) is 16.9. The van der Waals surface area contributed by atoms with Crippen molar-refractivity contribution in [1.29, 1.82) is 5.26 Å². The summed E-state index contributed by atoms with van der Waals surface area (Å²) < 4.78 is 10.9. The molecule has 0 unspecified atom stereocenters. The zero-order valence-corrected chi connectivity index (χ0v) is 20.2. The lowest BCUT2D eigenvalue weighted by atomic mass is 10.1. The molecule has 178 valence electrons. The molecule has 3 rings (SSSR count). The van der Waals surface area contributed by atoms with Crippen molar-refractivity contribution >= 4 is 46.8 Å². The predicted molar refractivity (Wildman–Crippen MR) is 135 cm³/mol. The zero-order chi connectivity index (χ0) is 25.2. The average Bonchev–Trinajstić information content (AvgIpc) is 2.86. The molecule has 7 nitrogen and oxygen atoms in total. The van der Waals surface area contributed by atoms with Crippen LogP contribution in [0.25, 0.3) is 6.08 Å². The van der Waals surface area contributed by atoms with Crippen molar-refractivity contribution in [3.63, 3.8) is 0 Å². The minimum absolute atomic E-state index is 0.102. The van der Waals surface area contributed by atoms with Crippen LogP contribution in [0, 0.1) is 11.3 Å². The summed E-state index contributed by atoms with van der Waals surface area (Å²) in [6.45, 7) is -0.0349. The average molecular weight is 510 g/mol. The summed E-state index contributed by atoms with van der Waals surface area (Å²) in [6, 6.07) is 20.9. The molecule has 0 saturated carbocycles. The standard InChI is InChI=1S/C26H21Cl2N3O4/c1-34-23-13-18(11-19(14-29)26(33)30-15-17-5-3-2-4-6-17)12-22(28)25(23)35-16-24(32)31-21-9-7-20(27)8-10-21/h2-13H,15-16H2,1H3,(H,30,33)(H,31,32)/b19-11+. The van der Waals surface area contributed by atoms with Crippen LogP contribution in [0.15, 0.2) is 72.3 Å².